The largest absolute Gasteiger partial charge is 0.456 e. The highest BCUT2D eigenvalue weighted by atomic mass is 35.5. The average molecular weight is 258 g/mol. The summed E-state index contributed by atoms with van der Waals surface area (Å²) in [6.45, 7) is 0.494. The summed E-state index contributed by atoms with van der Waals surface area (Å²) in [6, 6.07) is 15.6. The van der Waals surface area contributed by atoms with Crippen LogP contribution in [0.15, 0.2) is 52.9 Å². The third-order valence-corrected chi connectivity index (χ3v) is 3.22. The molecule has 0 aliphatic heterocycles. The molecule has 0 aliphatic rings. The van der Waals surface area contributed by atoms with Gasteiger partial charge in [-0.2, -0.15) is 0 Å². The summed E-state index contributed by atoms with van der Waals surface area (Å²) in [5, 5.41) is 1.71. The van der Waals surface area contributed by atoms with Crippen molar-refractivity contribution in [2.45, 2.75) is 6.54 Å². The second-order valence-electron chi connectivity index (χ2n) is 4.15. The SMILES string of the molecule is NCc1ccccc1-c1cc2cc(Cl)ccc2o1. The first-order valence-electron chi connectivity index (χ1n) is 5.75. The van der Waals surface area contributed by atoms with E-state index in [1.807, 2.05) is 48.5 Å². The van der Waals surface area contributed by atoms with Gasteiger partial charge in [-0.25, -0.2) is 0 Å². The monoisotopic (exact) mass is 257 g/mol. The van der Waals surface area contributed by atoms with Crippen LogP contribution in [0.2, 0.25) is 5.02 Å². The summed E-state index contributed by atoms with van der Waals surface area (Å²) < 4.78 is 5.84. The van der Waals surface area contributed by atoms with E-state index in [0.29, 0.717) is 11.6 Å². The first-order chi connectivity index (χ1) is 8.78. The van der Waals surface area contributed by atoms with Crippen molar-refractivity contribution in [3.63, 3.8) is 0 Å². The average Bonchev–Trinajstić information content (AvgIpc) is 2.81. The molecule has 2 aromatic carbocycles. The molecule has 0 fully saturated rings. The Balaban J connectivity index is 2.19. The van der Waals surface area contributed by atoms with E-state index >= 15 is 0 Å². The maximum absolute atomic E-state index is 5.97. The Morgan fingerprint density at radius 2 is 1.89 bits per heavy atom. The summed E-state index contributed by atoms with van der Waals surface area (Å²) in [5.41, 5.74) is 8.68. The number of nitrogens with two attached hydrogens (primary N) is 1. The van der Waals surface area contributed by atoms with E-state index in [1.165, 1.54) is 0 Å². The molecular weight excluding hydrogens is 246 g/mol. The quantitative estimate of drug-likeness (QED) is 0.747. The lowest BCUT2D eigenvalue weighted by Crippen LogP contribution is -1.97. The highest BCUT2D eigenvalue weighted by molar-refractivity contribution is 6.31. The molecule has 1 heterocycles. The van der Waals surface area contributed by atoms with Crippen LogP contribution in [0.5, 0.6) is 0 Å². The van der Waals surface area contributed by atoms with E-state index < -0.39 is 0 Å². The Bertz CT molecular complexity index is 703. The lowest BCUT2D eigenvalue weighted by atomic mass is 10.1. The van der Waals surface area contributed by atoms with Gasteiger partial charge in [-0.05, 0) is 29.8 Å². The van der Waals surface area contributed by atoms with Crippen LogP contribution in [0.3, 0.4) is 0 Å². The molecule has 0 spiro atoms. The summed E-state index contributed by atoms with van der Waals surface area (Å²) in [5.74, 6) is 0.827. The van der Waals surface area contributed by atoms with Gasteiger partial charge in [0.1, 0.15) is 11.3 Å². The van der Waals surface area contributed by atoms with Crippen molar-refractivity contribution in [3.05, 3.63) is 59.1 Å². The van der Waals surface area contributed by atoms with E-state index in [2.05, 4.69) is 0 Å². The number of benzene rings is 2. The number of hydrogen-bond donors (Lipinski definition) is 1. The van der Waals surface area contributed by atoms with E-state index in [-0.39, 0.29) is 0 Å². The topological polar surface area (TPSA) is 39.2 Å². The normalized spacial score (nSPS) is 11.0. The molecule has 2 nitrogen and oxygen atoms in total. The number of furan rings is 1. The van der Waals surface area contributed by atoms with E-state index in [9.17, 15) is 0 Å². The first kappa shape index (κ1) is 11.3. The predicted octanol–water partition coefficient (Wildman–Crippen LogP) is 4.21. The van der Waals surface area contributed by atoms with Gasteiger partial charge in [-0.1, -0.05) is 35.9 Å². The van der Waals surface area contributed by atoms with E-state index in [1.54, 1.807) is 0 Å². The minimum absolute atomic E-state index is 0.494. The third-order valence-electron chi connectivity index (χ3n) is 2.98. The van der Waals surface area contributed by atoms with Crippen LogP contribution in [-0.4, -0.2) is 0 Å². The van der Waals surface area contributed by atoms with Crippen LogP contribution < -0.4 is 5.73 Å². The Hall–Kier alpha value is -1.77. The van der Waals surface area contributed by atoms with Crippen molar-refractivity contribution in [2.75, 3.05) is 0 Å². The van der Waals surface area contributed by atoms with Crippen molar-refractivity contribution in [1.29, 1.82) is 0 Å². The number of fused-ring (bicyclic) bond motifs is 1. The molecule has 2 N–H and O–H groups in total. The molecule has 0 aliphatic carbocycles. The van der Waals surface area contributed by atoms with Gasteiger partial charge in [0.15, 0.2) is 0 Å². The number of rotatable bonds is 2. The zero-order valence-electron chi connectivity index (χ0n) is 9.69. The van der Waals surface area contributed by atoms with E-state index in [0.717, 1.165) is 27.9 Å². The lowest BCUT2D eigenvalue weighted by molar-refractivity contribution is 0.630. The molecule has 1 aromatic heterocycles. The van der Waals surface area contributed by atoms with Crippen LogP contribution in [0, 0.1) is 0 Å². The molecule has 18 heavy (non-hydrogen) atoms. The van der Waals surface area contributed by atoms with Crippen LogP contribution >= 0.6 is 11.6 Å². The molecule has 3 aromatic rings. The minimum atomic E-state index is 0.494. The van der Waals surface area contributed by atoms with Crippen molar-refractivity contribution in [1.82, 2.24) is 0 Å². The molecule has 0 radical (unpaired) electrons. The van der Waals surface area contributed by atoms with Crippen LogP contribution in [-0.2, 0) is 6.54 Å². The Morgan fingerprint density at radius 3 is 2.72 bits per heavy atom. The maximum Gasteiger partial charge on any atom is 0.135 e. The molecule has 0 atom stereocenters. The third kappa shape index (κ3) is 1.90. The van der Waals surface area contributed by atoms with Gasteiger partial charge in [0, 0.05) is 22.5 Å². The van der Waals surface area contributed by atoms with Crippen molar-refractivity contribution >= 4 is 22.6 Å². The standard InChI is InChI=1S/C15H12ClNO/c16-12-5-6-14-11(7-12)8-15(18-14)13-4-2-1-3-10(13)9-17/h1-8H,9,17H2. The van der Waals surface area contributed by atoms with Gasteiger partial charge in [0.2, 0.25) is 0 Å². The number of hydrogen-bond acceptors (Lipinski definition) is 2. The highest BCUT2D eigenvalue weighted by Crippen LogP contribution is 2.31. The Morgan fingerprint density at radius 1 is 1.06 bits per heavy atom. The van der Waals surface area contributed by atoms with Crippen LogP contribution in [0.1, 0.15) is 5.56 Å². The second kappa shape index (κ2) is 4.48. The summed E-state index contributed by atoms with van der Waals surface area (Å²) in [6.07, 6.45) is 0. The molecule has 3 rings (SSSR count). The molecule has 3 heteroatoms. The summed E-state index contributed by atoms with van der Waals surface area (Å²) in [4.78, 5) is 0. The fourth-order valence-corrected chi connectivity index (χ4v) is 2.27. The lowest BCUT2D eigenvalue weighted by Gasteiger charge is -2.03. The second-order valence-corrected chi connectivity index (χ2v) is 4.59. The Labute approximate surface area is 110 Å². The number of halogens is 1. The van der Waals surface area contributed by atoms with Gasteiger partial charge in [-0.3, -0.25) is 0 Å². The minimum Gasteiger partial charge on any atom is -0.456 e. The molecule has 0 amide bonds. The summed E-state index contributed by atoms with van der Waals surface area (Å²) >= 11 is 5.97. The van der Waals surface area contributed by atoms with Crippen molar-refractivity contribution in [2.24, 2.45) is 5.73 Å². The summed E-state index contributed by atoms with van der Waals surface area (Å²) in [7, 11) is 0. The van der Waals surface area contributed by atoms with Crippen molar-refractivity contribution in [3.8, 4) is 11.3 Å². The molecule has 0 bridgehead atoms. The molecule has 0 saturated heterocycles. The van der Waals surface area contributed by atoms with Crippen molar-refractivity contribution < 1.29 is 4.42 Å². The molecule has 90 valence electrons. The fraction of sp³-hybridized carbons (Fsp3) is 0.0667. The zero-order valence-corrected chi connectivity index (χ0v) is 10.4. The molecule has 0 unspecified atom stereocenters. The van der Waals surface area contributed by atoms with Gasteiger partial charge < -0.3 is 10.2 Å². The van der Waals surface area contributed by atoms with Crippen LogP contribution in [0.25, 0.3) is 22.3 Å². The smallest absolute Gasteiger partial charge is 0.135 e. The van der Waals surface area contributed by atoms with Crippen LogP contribution in [0.4, 0.5) is 0 Å². The van der Waals surface area contributed by atoms with E-state index in [4.69, 9.17) is 21.8 Å². The van der Waals surface area contributed by atoms with Gasteiger partial charge in [-0.15, -0.1) is 0 Å². The fourth-order valence-electron chi connectivity index (χ4n) is 2.09. The zero-order chi connectivity index (χ0) is 12.5. The molecular formula is C15H12ClNO. The Kier molecular flexibility index (Phi) is 2.82. The first-order valence-corrected chi connectivity index (χ1v) is 6.13. The van der Waals surface area contributed by atoms with Gasteiger partial charge in [0.25, 0.3) is 0 Å². The molecule has 0 saturated carbocycles. The predicted molar refractivity (Wildman–Crippen MR) is 74.6 cm³/mol. The van der Waals surface area contributed by atoms with Gasteiger partial charge in [0.05, 0.1) is 0 Å². The maximum atomic E-state index is 5.97. The van der Waals surface area contributed by atoms with Gasteiger partial charge >= 0.3 is 0 Å². The highest BCUT2D eigenvalue weighted by Gasteiger charge is 2.09.